The Morgan fingerprint density at radius 1 is 1.42 bits per heavy atom. The van der Waals surface area contributed by atoms with Gasteiger partial charge in [0.2, 0.25) is 5.89 Å². The summed E-state index contributed by atoms with van der Waals surface area (Å²) in [6.45, 7) is 4.33. The summed E-state index contributed by atoms with van der Waals surface area (Å²) in [5, 5.41) is 19.9. The molecule has 2 rings (SSSR count). The number of nitrogens with zero attached hydrogens (tertiary/aromatic N) is 3. The fourth-order valence-electron chi connectivity index (χ4n) is 2.12. The number of ether oxygens (including phenoxy) is 1. The topological polar surface area (TPSA) is 132 Å². The molecule has 0 radical (unpaired) electrons. The fourth-order valence-corrected chi connectivity index (χ4v) is 2.12. The maximum atomic E-state index is 12.0. The third-order valence-corrected chi connectivity index (χ3v) is 3.50. The molecule has 0 fully saturated rings. The van der Waals surface area contributed by atoms with Crippen LogP contribution in [-0.4, -0.2) is 34.7 Å². The summed E-state index contributed by atoms with van der Waals surface area (Å²) in [6, 6.07) is 3.48. The molecule has 10 nitrogen and oxygen atoms in total. The number of aryl methyl sites for hydroxylation is 1. The van der Waals surface area contributed by atoms with Gasteiger partial charge < -0.3 is 19.9 Å². The predicted octanol–water partition coefficient (Wildman–Crippen LogP) is 2.86. The summed E-state index contributed by atoms with van der Waals surface area (Å²) in [5.41, 5.74) is 0.0797. The summed E-state index contributed by atoms with van der Waals surface area (Å²) >= 11 is 0. The first kappa shape index (κ1) is 19.2. The first-order valence-electron chi connectivity index (χ1n) is 8.10. The number of carbonyl (C=O) groups is 1. The van der Waals surface area contributed by atoms with Gasteiger partial charge in [-0.25, -0.2) is 4.79 Å². The zero-order valence-corrected chi connectivity index (χ0v) is 14.8. The molecule has 0 saturated heterocycles. The smallest absolute Gasteiger partial charge is 0.319 e. The van der Waals surface area contributed by atoms with Crippen LogP contribution in [0, 0.1) is 10.1 Å². The summed E-state index contributed by atoms with van der Waals surface area (Å²) in [6.07, 6.45) is 1.15. The highest BCUT2D eigenvalue weighted by atomic mass is 16.6. The molecule has 1 aromatic carbocycles. The normalized spacial score (nSPS) is 10.6. The maximum absolute atomic E-state index is 12.0. The van der Waals surface area contributed by atoms with Crippen molar-refractivity contribution < 1.29 is 19.0 Å². The predicted molar refractivity (Wildman–Crippen MR) is 93.4 cm³/mol. The van der Waals surface area contributed by atoms with E-state index in [1.165, 1.54) is 25.3 Å². The van der Waals surface area contributed by atoms with Crippen LogP contribution in [0.3, 0.4) is 0 Å². The van der Waals surface area contributed by atoms with Crippen LogP contribution < -0.4 is 15.4 Å². The van der Waals surface area contributed by atoms with Crippen LogP contribution in [0.2, 0.25) is 0 Å². The molecule has 0 aliphatic rings. The Morgan fingerprint density at radius 3 is 2.81 bits per heavy atom. The van der Waals surface area contributed by atoms with Gasteiger partial charge in [0.1, 0.15) is 5.75 Å². The Labute approximate surface area is 150 Å². The lowest BCUT2D eigenvalue weighted by Crippen LogP contribution is -2.30. The van der Waals surface area contributed by atoms with Crippen molar-refractivity contribution in [3.8, 4) is 5.75 Å². The number of rotatable bonds is 8. The first-order valence-corrected chi connectivity index (χ1v) is 8.10. The van der Waals surface area contributed by atoms with Gasteiger partial charge in [-0.15, -0.1) is 0 Å². The van der Waals surface area contributed by atoms with Crippen molar-refractivity contribution >= 4 is 17.4 Å². The van der Waals surface area contributed by atoms with Crippen molar-refractivity contribution in [3.63, 3.8) is 0 Å². The molecule has 0 aliphatic carbocycles. The molecular weight excluding hydrogens is 342 g/mol. The van der Waals surface area contributed by atoms with Crippen LogP contribution in [0.1, 0.15) is 37.9 Å². The van der Waals surface area contributed by atoms with Gasteiger partial charge in [-0.05, 0) is 12.5 Å². The molecule has 2 amide bonds. The van der Waals surface area contributed by atoms with Crippen molar-refractivity contribution in [1.82, 2.24) is 15.5 Å². The number of carbonyl (C=O) groups excluding carboxylic acids is 1. The quantitative estimate of drug-likeness (QED) is 0.418. The number of amides is 2. The second kappa shape index (κ2) is 8.79. The van der Waals surface area contributed by atoms with Crippen LogP contribution in [0.25, 0.3) is 0 Å². The molecule has 0 spiro atoms. The molecule has 0 unspecified atom stereocenters. The van der Waals surface area contributed by atoms with Gasteiger partial charge in [-0.2, -0.15) is 4.98 Å². The molecular formula is C16H21N5O5. The SMILES string of the molecule is COc1ccc([N+](=O)[O-])cc1NC(=O)NCCCc1nc(C(C)C)no1. The van der Waals surface area contributed by atoms with E-state index in [0.29, 0.717) is 36.9 Å². The Kier molecular flexibility index (Phi) is 6.48. The van der Waals surface area contributed by atoms with E-state index in [0.717, 1.165) is 0 Å². The number of anilines is 1. The standard InChI is InChI=1S/C16H21N5O5/c1-10(2)15-19-14(26-20-15)5-4-8-17-16(22)18-12-9-11(21(23)24)6-7-13(12)25-3/h6-7,9-10H,4-5,8H2,1-3H3,(H2,17,18,22). The average Bonchev–Trinajstić information content (AvgIpc) is 3.08. The zero-order chi connectivity index (χ0) is 19.1. The van der Waals surface area contributed by atoms with Crippen molar-refractivity contribution in [3.05, 3.63) is 40.0 Å². The number of non-ortho nitro benzene ring substituents is 1. The molecule has 0 aliphatic heterocycles. The van der Waals surface area contributed by atoms with Gasteiger partial charge in [0.05, 0.1) is 17.7 Å². The third-order valence-electron chi connectivity index (χ3n) is 3.50. The van der Waals surface area contributed by atoms with Crippen molar-refractivity contribution in [2.24, 2.45) is 0 Å². The Hall–Kier alpha value is -3.17. The largest absolute Gasteiger partial charge is 0.495 e. The van der Waals surface area contributed by atoms with E-state index < -0.39 is 11.0 Å². The summed E-state index contributed by atoms with van der Waals surface area (Å²) in [7, 11) is 1.42. The van der Waals surface area contributed by atoms with Crippen molar-refractivity contribution in [2.45, 2.75) is 32.6 Å². The lowest BCUT2D eigenvalue weighted by Gasteiger charge is -2.10. The third kappa shape index (κ3) is 5.16. The van der Waals surface area contributed by atoms with E-state index in [9.17, 15) is 14.9 Å². The molecule has 10 heteroatoms. The van der Waals surface area contributed by atoms with Crippen LogP contribution in [0.15, 0.2) is 22.7 Å². The number of aromatic nitrogens is 2. The highest BCUT2D eigenvalue weighted by Gasteiger charge is 2.14. The Morgan fingerprint density at radius 2 is 2.19 bits per heavy atom. The average molecular weight is 363 g/mol. The lowest BCUT2D eigenvalue weighted by molar-refractivity contribution is -0.384. The number of urea groups is 1. The Bertz CT molecular complexity index is 774. The molecule has 26 heavy (non-hydrogen) atoms. The maximum Gasteiger partial charge on any atom is 0.319 e. The van der Waals surface area contributed by atoms with E-state index in [-0.39, 0.29) is 17.3 Å². The van der Waals surface area contributed by atoms with Crippen LogP contribution in [0.4, 0.5) is 16.2 Å². The van der Waals surface area contributed by atoms with Crippen molar-refractivity contribution in [2.75, 3.05) is 19.0 Å². The molecule has 0 atom stereocenters. The van der Waals surface area contributed by atoms with E-state index >= 15 is 0 Å². The highest BCUT2D eigenvalue weighted by molar-refractivity contribution is 5.91. The number of nitro benzene ring substituents is 1. The molecule has 140 valence electrons. The number of nitrogens with one attached hydrogen (secondary N) is 2. The monoisotopic (exact) mass is 363 g/mol. The van der Waals surface area contributed by atoms with E-state index in [1.807, 2.05) is 13.8 Å². The minimum Gasteiger partial charge on any atom is -0.495 e. The van der Waals surface area contributed by atoms with E-state index in [2.05, 4.69) is 20.8 Å². The number of hydrogen-bond acceptors (Lipinski definition) is 7. The van der Waals surface area contributed by atoms with Gasteiger partial charge >= 0.3 is 6.03 Å². The molecule has 0 bridgehead atoms. The van der Waals surface area contributed by atoms with Gasteiger partial charge in [0.15, 0.2) is 5.82 Å². The van der Waals surface area contributed by atoms with Gasteiger partial charge in [0.25, 0.3) is 5.69 Å². The van der Waals surface area contributed by atoms with Gasteiger partial charge in [-0.1, -0.05) is 19.0 Å². The minimum absolute atomic E-state index is 0.140. The van der Waals surface area contributed by atoms with Crippen molar-refractivity contribution in [1.29, 1.82) is 0 Å². The number of methoxy groups -OCH3 is 1. The second-order valence-corrected chi connectivity index (χ2v) is 5.83. The zero-order valence-electron chi connectivity index (χ0n) is 14.8. The van der Waals surface area contributed by atoms with Crippen LogP contribution in [-0.2, 0) is 6.42 Å². The number of benzene rings is 1. The van der Waals surface area contributed by atoms with Gasteiger partial charge in [-0.3, -0.25) is 10.1 Å². The van der Waals surface area contributed by atoms with Crippen LogP contribution >= 0.6 is 0 Å². The Balaban J connectivity index is 1.83. The summed E-state index contributed by atoms with van der Waals surface area (Å²) < 4.78 is 10.2. The second-order valence-electron chi connectivity index (χ2n) is 5.83. The van der Waals surface area contributed by atoms with Gasteiger partial charge in [0, 0.05) is 31.0 Å². The minimum atomic E-state index is -0.543. The molecule has 0 saturated carbocycles. The van der Waals surface area contributed by atoms with Crippen LogP contribution in [0.5, 0.6) is 5.75 Å². The number of nitro groups is 1. The lowest BCUT2D eigenvalue weighted by atomic mass is 10.2. The number of hydrogen-bond donors (Lipinski definition) is 2. The molecule has 1 heterocycles. The summed E-state index contributed by atoms with van der Waals surface area (Å²) in [4.78, 5) is 26.5. The molecule has 1 aromatic heterocycles. The fraction of sp³-hybridized carbons (Fsp3) is 0.438. The highest BCUT2D eigenvalue weighted by Crippen LogP contribution is 2.28. The molecule has 2 N–H and O–H groups in total. The van der Waals surface area contributed by atoms with E-state index in [4.69, 9.17) is 9.26 Å². The first-order chi connectivity index (χ1) is 12.4. The summed E-state index contributed by atoms with van der Waals surface area (Å²) in [5.74, 6) is 1.71. The molecule has 2 aromatic rings. The van der Waals surface area contributed by atoms with E-state index in [1.54, 1.807) is 0 Å².